The van der Waals surface area contributed by atoms with E-state index in [4.69, 9.17) is 9.57 Å². The second-order valence-corrected chi connectivity index (χ2v) is 3.59. The van der Waals surface area contributed by atoms with Gasteiger partial charge in [-0.3, -0.25) is 0 Å². The Hall–Kier alpha value is -0.950. The van der Waals surface area contributed by atoms with Gasteiger partial charge in [-0.05, 0) is 12.8 Å². The molecule has 0 aromatic carbocycles. The fourth-order valence-corrected chi connectivity index (χ4v) is 1.29. The highest BCUT2D eigenvalue weighted by molar-refractivity contribution is 5.72. The molecule has 0 bridgehead atoms. The SMILES string of the molecule is CN(CC(F)F)C(=O)NOC1CCCCO1. The summed E-state index contributed by atoms with van der Waals surface area (Å²) in [5.41, 5.74) is 2.09. The molecular formula is C9H16F2N2O3. The average Bonchev–Trinajstić information content (AvgIpc) is 2.26. The van der Waals surface area contributed by atoms with Crippen LogP contribution >= 0.6 is 0 Å². The lowest BCUT2D eigenvalue weighted by molar-refractivity contribution is -0.187. The number of carbonyl (C=O) groups is 1. The fraction of sp³-hybridized carbons (Fsp3) is 0.889. The van der Waals surface area contributed by atoms with Gasteiger partial charge in [0.2, 0.25) is 0 Å². The van der Waals surface area contributed by atoms with Crippen molar-refractivity contribution in [2.24, 2.45) is 0 Å². The summed E-state index contributed by atoms with van der Waals surface area (Å²) in [5.74, 6) is 0. The van der Waals surface area contributed by atoms with E-state index in [9.17, 15) is 13.6 Å². The predicted octanol–water partition coefficient (Wildman–Crippen LogP) is 1.35. The van der Waals surface area contributed by atoms with Crippen LogP contribution in [0.3, 0.4) is 0 Å². The van der Waals surface area contributed by atoms with Crippen molar-refractivity contribution in [2.45, 2.75) is 32.0 Å². The maximum atomic E-state index is 12.0. The minimum atomic E-state index is -2.55. The van der Waals surface area contributed by atoms with Gasteiger partial charge >= 0.3 is 6.03 Å². The average molecular weight is 238 g/mol. The normalized spacial score (nSPS) is 20.9. The molecule has 1 aliphatic heterocycles. The van der Waals surface area contributed by atoms with Crippen molar-refractivity contribution in [1.82, 2.24) is 10.4 Å². The number of urea groups is 1. The zero-order valence-electron chi connectivity index (χ0n) is 9.12. The second kappa shape index (κ2) is 6.59. The van der Waals surface area contributed by atoms with Crippen molar-refractivity contribution < 1.29 is 23.1 Å². The molecule has 1 rings (SSSR count). The lowest BCUT2D eigenvalue weighted by atomic mass is 10.2. The lowest BCUT2D eigenvalue weighted by Gasteiger charge is -2.24. The van der Waals surface area contributed by atoms with Gasteiger partial charge in [0.1, 0.15) is 0 Å². The highest BCUT2D eigenvalue weighted by atomic mass is 19.3. The molecule has 0 spiro atoms. The van der Waals surface area contributed by atoms with Crippen LogP contribution < -0.4 is 5.48 Å². The van der Waals surface area contributed by atoms with Gasteiger partial charge in [-0.1, -0.05) is 0 Å². The van der Waals surface area contributed by atoms with E-state index >= 15 is 0 Å². The predicted molar refractivity (Wildman–Crippen MR) is 51.8 cm³/mol. The Morgan fingerprint density at radius 2 is 2.38 bits per heavy atom. The van der Waals surface area contributed by atoms with E-state index in [0.717, 1.165) is 17.7 Å². The number of hydroxylamine groups is 1. The second-order valence-electron chi connectivity index (χ2n) is 3.59. The van der Waals surface area contributed by atoms with Gasteiger partial charge in [-0.15, -0.1) is 0 Å². The maximum absolute atomic E-state index is 12.0. The summed E-state index contributed by atoms with van der Waals surface area (Å²) in [6, 6.07) is -0.700. The maximum Gasteiger partial charge on any atom is 0.341 e. The smallest absolute Gasteiger partial charge is 0.341 e. The fourth-order valence-electron chi connectivity index (χ4n) is 1.29. The number of amides is 2. The molecule has 16 heavy (non-hydrogen) atoms. The number of nitrogens with zero attached hydrogens (tertiary/aromatic N) is 1. The molecule has 1 heterocycles. The van der Waals surface area contributed by atoms with Gasteiger partial charge in [0.05, 0.1) is 6.54 Å². The molecule has 0 aliphatic carbocycles. The Morgan fingerprint density at radius 3 is 2.94 bits per heavy atom. The summed E-state index contributed by atoms with van der Waals surface area (Å²) in [6.45, 7) is -0.0336. The monoisotopic (exact) mass is 238 g/mol. The van der Waals surface area contributed by atoms with Crippen molar-refractivity contribution in [1.29, 1.82) is 0 Å². The number of hydrogen-bond acceptors (Lipinski definition) is 3. The summed E-state index contributed by atoms with van der Waals surface area (Å²) in [5, 5.41) is 0. The Kier molecular flexibility index (Phi) is 5.41. The molecular weight excluding hydrogens is 222 g/mol. The zero-order valence-corrected chi connectivity index (χ0v) is 9.12. The zero-order chi connectivity index (χ0) is 12.0. The van der Waals surface area contributed by atoms with Gasteiger partial charge in [0.15, 0.2) is 6.29 Å². The van der Waals surface area contributed by atoms with Gasteiger partial charge in [0, 0.05) is 20.1 Å². The Bertz CT molecular complexity index is 223. The van der Waals surface area contributed by atoms with Crippen molar-refractivity contribution in [3.8, 4) is 0 Å². The van der Waals surface area contributed by atoms with Crippen molar-refractivity contribution in [2.75, 3.05) is 20.2 Å². The molecule has 5 nitrogen and oxygen atoms in total. The van der Waals surface area contributed by atoms with E-state index in [0.29, 0.717) is 13.0 Å². The van der Waals surface area contributed by atoms with E-state index in [1.807, 2.05) is 0 Å². The molecule has 0 saturated carbocycles. The molecule has 1 aliphatic rings. The standard InChI is InChI=1S/C9H16F2N2O3/c1-13(6-7(10)11)9(14)12-16-8-4-2-3-5-15-8/h7-8H,2-6H2,1H3,(H,12,14). The number of carbonyl (C=O) groups excluding carboxylic acids is 1. The molecule has 2 amide bonds. The van der Waals surface area contributed by atoms with Gasteiger partial charge in [-0.2, -0.15) is 0 Å². The van der Waals surface area contributed by atoms with E-state index in [1.165, 1.54) is 7.05 Å². The summed E-state index contributed by atoms with van der Waals surface area (Å²) in [6.07, 6.45) is -0.398. The quantitative estimate of drug-likeness (QED) is 0.752. The third-order valence-corrected chi connectivity index (χ3v) is 2.17. The molecule has 1 fully saturated rings. The van der Waals surface area contributed by atoms with Crippen LogP contribution in [0.2, 0.25) is 0 Å². The van der Waals surface area contributed by atoms with Crippen LogP contribution in [-0.4, -0.2) is 43.8 Å². The van der Waals surface area contributed by atoms with Gasteiger partial charge < -0.3 is 9.64 Å². The third-order valence-electron chi connectivity index (χ3n) is 2.17. The summed E-state index contributed by atoms with van der Waals surface area (Å²) in [4.78, 5) is 17.0. The van der Waals surface area contributed by atoms with Crippen LogP contribution in [0.15, 0.2) is 0 Å². The Morgan fingerprint density at radius 1 is 1.62 bits per heavy atom. The number of ether oxygens (including phenoxy) is 1. The van der Waals surface area contributed by atoms with E-state index < -0.39 is 25.3 Å². The van der Waals surface area contributed by atoms with Crippen LogP contribution in [0.5, 0.6) is 0 Å². The third kappa shape index (κ3) is 4.71. The number of nitrogens with one attached hydrogen (secondary N) is 1. The summed E-state index contributed by atoms with van der Waals surface area (Å²) in [7, 11) is 1.27. The van der Waals surface area contributed by atoms with Crippen LogP contribution in [0.25, 0.3) is 0 Å². The van der Waals surface area contributed by atoms with E-state index in [2.05, 4.69) is 5.48 Å². The van der Waals surface area contributed by atoms with Crippen molar-refractivity contribution in [3.63, 3.8) is 0 Å². The molecule has 0 aromatic rings. The number of rotatable bonds is 4. The molecule has 1 atom stereocenters. The van der Waals surface area contributed by atoms with Crippen LogP contribution in [-0.2, 0) is 9.57 Å². The first-order valence-electron chi connectivity index (χ1n) is 5.16. The molecule has 1 N–H and O–H groups in total. The van der Waals surface area contributed by atoms with E-state index in [-0.39, 0.29) is 0 Å². The summed E-state index contributed by atoms with van der Waals surface area (Å²) >= 11 is 0. The van der Waals surface area contributed by atoms with Gasteiger partial charge in [-0.25, -0.2) is 23.9 Å². The Balaban J connectivity index is 2.17. The first-order valence-corrected chi connectivity index (χ1v) is 5.16. The van der Waals surface area contributed by atoms with E-state index in [1.54, 1.807) is 0 Å². The highest BCUT2D eigenvalue weighted by Gasteiger charge is 2.18. The number of hydrogen-bond donors (Lipinski definition) is 1. The highest BCUT2D eigenvalue weighted by Crippen LogP contribution is 2.12. The van der Waals surface area contributed by atoms with Crippen LogP contribution in [0, 0.1) is 0 Å². The molecule has 1 saturated heterocycles. The van der Waals surface area contributed by atoms with Crippen LogP contribution in [0.4, 0.5) is 13.6 Å². The van der Waals surface area contributed by atoms with Gasteiger partial charge in [0.25, 0.3) is 6.43 Å². The minimum Gasteiger partial charge on any atom is -0.350 e. The molecule has 94 valence electrons. The molecule has 7 heteroatoms. The first-order chi connectivity index (χ1) is 7.59. The minimum absolute atomic E-state index is 0.474. The lowest BCUT2D eigenvalue weighted by Crippen LogP contribution is -2.42. The number of halogens is 2. The molecule has 1 unspecified atom stereocenters. The number of alkyl halides is 2. The molecule has 0 aromatic heterocycles. The van der Waals surface area contributed by atoms with Crippen molar-refractivity contribution >= 4 is 6.03 Å². The first kappa shape index (κ1) is 13.1. The van der Waals surface area contributed by atoms with Crippen LogP contribution in [0.1, 0.15) is 19.3 Å². The molecule has 0 radical (unpaired) electrons. The van der Waals surface area contributed by atoms with Crippen molar-refractivity contribution in [3.05, 3.63) is 0 Å². The summed E-state index contributed by atoms with van der Waals surface area (Å²) < 4.78 is 29.1. The Labute approximate surface area is 92.6 Å². The largest absolute Gasteiger partial charge is 0.350 e. The topological polar surface area (TPSA) is 50.8 Å².